The second-order valence-corrected chi connectivity index (χ2v) is 5.22. The number of benzene rings is 2. The fraction of sp³-hybridized carbons (Fsp3) is 0.235. The number of aryl methyl sites for hydroxylation is 1. The van der Waals surface area contributed by atoms with Crippen LogP contribution in [0.25, 0.3) is 0 Å². The van der Waals surface area contributed by atoms with Crippen LogP contribution < -0.4 is 10.1 Å². The molecule has 2 aromatic carbocycles. The molecule has 0 radical (unpaired) electrons. The molecular formula is C17H17NO3. The van der Waals surface area contributed by atoms with Gasteiger partial charge in [-0.1, -0.05) is 30.3 Å². The fourth-order valence-electron chi connectivity index (χ4n) is 2.96. The SMILES string of the molecule is COc1cccc(NC2(C(=O)O)CCc3ccccc32)c1. The summed E-state index contributed by atoms with van der Waals surface area (Å²) in [5, 5.41) is 13.0. The second-order valence-electron chi connectivity index (χ2n) is 5.22. The summed E-state index contributed by atoms with van der Waals surface area (Å²) in [5.74, 6) is -0.151. The minimum atomic E-state index is -1.07. The largest absolute Gasteiger partial charge is 0.497 e. The molecule has 3 rings (SSSR count). The zero-order chi connectivity index (χ0) is 14.9. The lowest BCUT2D eigenvalue weighted by atomic mass is 9.91. The van der Waals surface area contributed by atoms with Gasteiger partial charge in [0.2, 0.25) is 0 Å². The monoisotopic (exact) mass is 283 g/mol. The fourth-order valence-corrected chi connectivity index (χ4v) is 2.96. The number of hydrogen-bond donors (Lipinski definition) is 2. The smallest absolute Gasteiger partial charge is 0.334 e. The van der Waals surface area contributed by atoms with Gasteiger partial charge in [0.25, 0.3) is 0 Å². The lowest BCUT2D eigenvalue weighted by Crippen LogP contribution is -2.41. The van der Waals surface area contributed by atoms with Crippen LogP contribution in [0, 0.1) is 0 Å². The zero-order valence-corrected chi connectivity index (χ0v) is 11.8. The minimum Gasteiger partial charge on any atom is -0.497 e. The number of carbonyl (C=O) groups is 1. The Morgan fingerprint density at radius 1 is 1.24 bits per heavy atom. The van der Waals surface area contributed by atoms with Crippen LogP contribution >= 0.6 is 0 Å². The van der Waals surface area contributed by atoms with E-state index in [1.165, 1.54) is 0 Å². The van der Waals surface area contributed by atoms with Crippen molar-refractivity contribution in [3.05, 3.63) is 59.7 Å². The molecule has 0 heterocycles. The van der Waals surface area contributed by atoms with Crippen molar-refractivity contribution < 1.29 is 14.6 Å². The number of carboxylic acid groups (broad SMARTS) is 1. The van der Waals surface area contributed by atoms with E-state index < -0.39 is 11.5 Å². The molecule has 1 unspecified atom stereocenters. The molecule has 1 aliphatic carbocycles. The lowest BCUT2D eigenvalue weighted by Gasteiger charge is -2.28. The van der Waals surface area contributed by atoms with Gasteiger partial charge in [0, 0.05) is 11.8 Å². The molecule has 0 saturated carbocycles. The summed E-state index contributed by atoms with van der Waals surface area (Å²) in [6.45, 7) is 0. The number of aliphatic carboxylic acids is 1. The van der Waals surface area contributed by atoms with Gasteiger partial charge in [-0.15, -0.1) is 0 Å². The van der Waals surface area contributed by atoms with Crippen LogP contribution in [-0.2, 0) is 16.8 Å². The van der Waals surface area contributed by atoms with Crippen LogP contribution in [0.2, 0.25) is 0 Å². The third kappa shape index (κ3) is 2.23. The summed E-state index contributed by atoms with van der Waals surface area (Å²) in [4.78, 5) is 12.0. The third-order valence-corrected chi connectivity index (χ3v) is 4.04. The predicted octanol–water partition coefficient (Wildman–Crippen LogP) is 3.03. The first-order chi connectivity index (χ1) is 10.2. The maximum atomic E-state index is 12.0. The van der Waals surface area contributed by atoms with Crippen molar-refractivity contribution in [1.82, 2.24) is 0 Å². The summed E-state index contributed by atoms with van der Waals surface area (Å²) < 4.78 is 5.19. The number of nitrogens with one attached hydrogen (secondary N) is 1. The van der Waals surface area contributed by atoms with Gasteiger partial charge in [-0.2, -0.15) is 0 Å². The number of rotatable bonds is 4. The van der Waals surface area contributed by atoms with Crippen LogP contribution in [0.5, 0.6) is 5.75 Å². The molecule has 0 fully saturated rings. The van der Waals surface area contributed by atoms with E-state index in [1.54, 1.807) is 7.11 Å². The molecule has 0 bridgehead atoms. The van der Waals surface area contributed by atoms with Crippen LogP contribution in [0.1, 0.15) is 17.5 Å². The number of anilines is 1. The highest BCUT2D eigenvalue weighted by atomic mass is 16.5. The van der Waals surface area contributed by atoms with Crippen molar-refractivity contribution in [3.8, 4) is 5.75 Å². The van der Waals surface area contributed by atoms with Crippen LogP contribution in [0.3, 0.4) is 0 Å². The van der Waals surface area contributed by atoms with Gasteiger partial charge < -0.3 is 15.2 Å². The number of fused-ring (bicyclic) bond motifs is 1. The quantitative estimate of drug-likeness (QED) is 0.905. The summed E-state index contributed by atoms with van der Waals surface area (Å²) in [6.07, 6.45) is 1.30. The molecule has 0 aliphatic heterocycles. The Hall–Kier alpha value is -2.49. The van der Waals surface area contributed by atoms with Crippen molar-refractivity contribution in [3.63, 3.8) is 0 Å². The van der Waals surface area contributed by atoms with Crippen molar-refractivity contribution >= 4 is 11.7 Å². The standard InChI is InChI=1S/C17H17NO3/c1-21-14-7-4-6-13(11-14)18-17(16(19)20)10-9-12-5-2-3-8-15(12)17/h2-8,11,18H,9-10H2,1H3,(H,19,20). The summed E-state index contributed by atoms with van der Waals surface area (Å²) in [6, 6.07) is 15.1. The maximum Gasteiger partial charge on any atom is 0.334 e. The normalized spacial score (nSPS) is 19.9. The van der Waals surface area contributed by atoms with E-state index in [0.717, 1.165) is 23.2 Å². The average molecular weight is 283 g/mol. The highest BCUT2D eigenvalue weighted by Gasteiger charge is 2.45. The Bertz CT molecular complexity index is 683. The van der Waals surface area contributed by atoms with Gasteiger partial charge in [-0.3, -0.25) is 0 Å². The summed E-state index contributed by atoms with van der Waals surface area (Å²) >= 11 is 0. The Morgan fingerprint density at radius 2 is 2.05 bits per heavy atom. The predicted molar refractivity (Wildman–Crippen MR) is 80.7 cm³/mol. The Morgan fingerprint density at radius 3 is 2.81 bits per heavy atom. The maximum absolute atomic E-state index is 12.0. The van der Waals surface area contributed by atoms with Crippen molar-refractivity contribution in [1.29, 1.82) is 0 Å². The molecule has 0 aromatic heterocycles. The first-order valence-corrected chi connectivity index (χ1v) is 6.90. The molecule has 1 aliphatic rings. The van der Waals surface area contributed by atoms with E-state index in [4.69, 9.17) is 4.74 Å². The molecule has 21 heavy (non-hydrogen) atoms. The number of ether oxygens (including phenoxy) is 1. The van der Waals surface area contributed by atoms with Gasteiger partial charge in [0.15, 0.2) is 5.54 Å². The Balaban J connectivity index is 2.02. The molecule has 2 aromatic rings. The van der Waals surface area contributed by atoms with Gasteiger partial charge in [0.1, 0.15) is 5.75 Å². The minimum absolute atomic E-state index is 0.541. The van der Waals surface area contributed by atoms with E-state index in [2.05, 4.69) is 5.32 Å². The van der Waals surface area contributed by atoms with E-state index >= 15 is 0 Å². The van der Waals surface area contributed by atoms with Crippen molar-refractivity contribution in [2.75, 3.05) is 12.4 Å². The number of carboxylic acids is 1. The summed E-state index contributed by atoms with van der Waals surface area (Å²) in [7, 11) is 1.59. The van der Waals surface area contributed by atoms with Crippen LogP contribution in [0.15, 0.2) is 48.5 Å². The van der Waals surface area contributed by atoms with Crippen LogP contribution in [0.4, 0.5) is 5.69 Å². The molecule has 4 nitrogen and oxygen atoms in total. The molecule has 0 saturated heterocycles. The van der Waals surface area contributed by atoms with Gasteiger partial charge >= 0.3 is 5.97 Å². The molecule has 0 amide bonds. The molecule has 108 valence electrons. The van der Waals surface area contributed by atoms with E-state index in [9.17, 15) is 9.90 Å². The van der Waals surface area contributed by atoms with E-state index in [0.29, 0.717) is 12.2 Å². The average Bonchev–Trinajstić information content (AvgIpc) is 2.88. The molecule has 0 spiro atoms. The van der Waals surface area contributed by atoms with Crippen LogP contribution in [-0.4, -0.2) is 18.2 Å². The number of methoxy groups -OCH3 is 1. The topological polar surface area (TPSA) is 58.6 Å². The first kappa shape index (κ1) is 13.5. The van der Waals surface area contributed by atoms with E-state index in [1.807, 2.05) is 48.5 Å². The molecular weight excluding hydrogens is 266 g/mol. The van der Waals surface area contributed by atoms with Crippen molar-refractivity contribution in [2.45, 2.75) is 18.4 Å². The lowest BCUT2D eigenvalue weighted by molar-refractivity contribution is -0.142. The second kappa shape index (κ2) is 5.13. The van der Waals surface area contributed by atoms with Crippen molar-refractivity contribution in [2.24, 2.45) is 0 Å². The van der Waals surface area contributed by atoms with E-state index in [-0.39, 0.29) is 0 Å². The Labute approximate surface area is 123 Å². The molecule has 4 heteroatoms. The molecule has 1 atom stereocenters. The third-order valence-electron chi connectivity index (χ3n) is 4.04. The Kier molecular flexibility index (Phi) is 3.29. The van der Waals surface area contributed by atoms with Gasteiger partial charge in [0.05, 0.1) is 7.11 Å². The first-order valence-electron chi connectivity index (χ1n) is 6.90. The zero-order valence-electron chi connectivity index (χ0n) is 11.8. The highest BCUT2D eigenvalue weighted by Crippen LogP contribution is 2.40. The molecule has 2 N–H and O–H groups in total. The van der Waals surface area contributed by atoms with Gasteiger partial charge in [-0.25, -0.2) is 4.79 Å². The van der Waals surface area contributed by atoms with Gasteiger partial charge in [-0.05, 0) is 36.1 Å². The number of hydrogen-bond acceptors (Lipinski definition) is 3. The summed E-state index contributed by atoms with van der Waals surface area (Å²) in [5.41, 5.74) is 1.62. The highest BCUT2D eigenvalue weighted by molar-refractivity contribution is 5.86.